The van der Waals surface area contributed by atoms with E-state index in [0.29, 0.717) is 64.6 Å². The van der Waals surface area contributed by atoms with Crippen molar-refractivity contribution in [3.8, 4) is 5.75 Å². The van der Waals surface area contributed by atoms with Crippen molar-refractivity contribution in [2.75, 3.05) is 46.0 Å². The van der Waals surface area contributed by atoms with Crippen molar-refractivity contribution in [1.29, 1.82) is 0 Å². The van der Waals surface area contributed by atoms with Gasteiger partial charge >= 0.3 is 0 Å². The molecule has 0 spiro atoms. The lowest BCUT2D eigenvalue weighted by Crippen LogP contribution is -2.50. The summed E-state index contributed by atoms with van der Waals surface area (Å²) in [4.78, 5) is 14.2. The molecule has 1 saturated heterocycles. The fraction of sp³-hybridized carbons (Fsp3) is 0.611. The number of amides is 1. The van der Waals surface area contributed by atoms with Crippen molar-refractivity contribution in [2.24, 2.45) is 0 Å². The summed E-state index contributed by atoms with van der Waals surface area (Å²) in [7, 11) is -3.55. The molecule has 0 atom stereocenters. The molecule has 0 unspecified atom stereocenters. The first-order valence-corrected chi connectivity index (χ1v) is 10.5. The number of sulfonamides is 1. The van der Waals surface area contributed by atoms with Crippen LogP contribution in [0.25, 0.3) is 0 Å². The molecule has 146 valence electrons. The summed E-state index contributed by atoms with van der Waals surface area (Å²) in [5, 5.41) is 0. The summed E-state index contributed by atoms with van der Waals surface area (Å²) in [6.45, 7) is 7.03. The highest BCUT2D eigenvalue weighted by Gasteiger charge is 2.29. The zero-order valence-corrected chi connectivity index (χ0v) is 16.3. The molecule has 1 amide bonds. The molecule has 1 aliphatic heterocycles. The van der Waals surface area contributed by atoms with E-state index in [1.54, 1.807) is 29.2 Å². The van der Waals surface area contributed by atoms with Crippen LogP contribution in [0.3, 0.4) is 0 Å². The third-order valence-corrected chi connectivity index (χ3v) is 6.16. The van der Waals surface area contributed by atoms with Gasteiger partial charge in [0.15, 0.2) is 0 Å². The molecule has 1 heterocycles. The second kappa shape index (κ2) is 9.89. The number of hydrogen-bond donors (Lipinski definition) is 0. The predicted octanol–water partition coefficient (Wildman–Crippen LogP) is 1.73. The van der Waals surface area contributed by atoms with Gasteiger partial charge < -0.3 is 14.4 Å². The molecular formula is C18H28N2O5S. The average Bonchev–Trinajstić information content (AvgIpc) is 2.66. The van der Waals surface area contributed by atoms with Gasteiger partial charge in [-0.15, -0.1) is 0 Å². The standard InChI is InChI=1S/C18H28N2O5S/c1-3-24-15-5-6-18(21)19-11-13-20(14-12-19)26(22,23)17-9-7-16(8-10-17)25-4-2/h7-10H,3-6,11-15H2,1-2H3. The van der Waals surface area contributed by atoms with Gasteiger partial charge in [0.2, 0.25) is 15.9 Å². The SMILES string of the molecule is CCOCCCC(=O)N1CCN(S(=O)(=O)c2ccc(OCC)cc2)CC1. The van der Waals surface area contributed by atoms with E-state index >= 15 is 0 Å². The van der Waals surface area contributed by atoms with Gasteiger partial charge in [-0.25, -0.2) is 8.42 Å². The zero-order chi connectivity index (χ0) is 19.0. The van der Waals surface area contributed by atoms with Crippen molar-refractivity contribution >= 4 is 15.9 Å². The minimum absolute atomic E-state index is 0.0582. The number of benzene rings is 1. The molecule has 1 fully saturated rings. The summed E-state index contributed by atoms with van der Waals surface area (Å²) in [6, 6.07) is 6.44. The van der Waals surface area contributed by atoms with Crippen molar-refractivity contribution in [2.45, 2.75) is 31.6 Å². The van der Waals surface area contributed by atoms with Crippen LogP contribution in [0.4, 0.5) is 0 Å². The Labute approximate surface area is 155 Å². The molecule has 0 aromatic heterocycles. The molecule has 0 bridgehead atoms. The Morgan fingerprint density at radius 1 is 1.04 bits per heavy atom. The van der Waals surface area contributed by atoms with Crippen LogP contribution < -0.4 is 4.74 Å². The number of piperazine rings is 1. The maximum Gasteiger partial charge on any atom is 0.243 e. The summed E-state index contributed by atoms with van der Waals surface area (Å²) < 4.78 is 37.5. The summed E-state index contributed by atoms with van der Waals surface area (Å²) in [6.07, 6.45) is 1.13. The summed E-state index contributed by atoms with van der Waals surface area (Å²) in [5.74, 6) is 0.705. The van der Waals surface area contributed by atoms with Gasteiger partial charge in [0.25, 0.3) is 0 Å². The molecule has 26 heavy (non-hydrogen) atoms. The maximum absolute atomic E-state index is 12.7. The number of hydrogen-bond acceptors (Lipinski definition) is 5. The highest BCUT2D eigenvalue weighted by Crippen LogP contribution is 2.21. The van der Waals surface area contributed by atoms with E-state index < -0.39 is 10.0 Å². The van der Waals surface area contributed by atoms with Crippen LogP contribution in [-0.2, 0) is 19.6 Å². The Kier molecular flexibility index (Phi) is 7.86. The Hall–Kier alpha value is -1.64. The minimum atomic E-state index is -3.55. The molecule has 1 aliphatic rings. The highest BCUT2D eigenvalue weighted by atomic mass is 32.2. The van der Waals surface area contributed by atoms with Gasteiger partial charge in [0, 0.05) is 45.8 Å². The number of nitrogens with zero attached hydrogens (tertiary/aromatic N) is 2. The fourth-order valence-electron chi connectivity index (χ4n) is 2.83. The van der Waals surface area contributed by atoms with E-state index in [4.69, 9.17) is 9.47 Å². The summed E-state index contributed by atoms with van der Waals surface area (Å²) >= 11 is 0. The largest absolute Gasteiger partial charge is 0.494 e. The molecule has 0 N–H and O–H groups in total. The van der Waals surface area contributed by atoms with E-state index in [0.717, 1.165) is 0 Å². The smallest absolute Gasteiger partial charge is 0.243 e. The molecule has 0 saturated carbocycles. The maximum atomic E-state index is 12.7. The lowest BCUT2D eigenvalue weighted by molar-refractivity contribution is -0.132. The van der Waals surface area contributed by atoms with Gasteiger partial charge in [-0.3, -0.25) is 4.79 Å². The van der Waals surface area contributed by atoms with Crippen LogP contribution in [0.1, 0.15) is 26.7 Å². The third kappa shape index (κ3) is 5.43. The van der Waals surface area contributed by atoms with Crippen LogP contribution in [0.15, 0.2) is 29.2 Å². The first-order valence-electron chi connectivity index (χ1n) is 9.07. The molecule has 0 aliphatic carbocycles. The van der Waals surface area contributed by atoms with Gasteiger partial charge in [0.1, 0.15) is 5.75 Å². The average molecular weight is 384 g/mol. The normalized spacial score (nSPS) is 15.8. The van der Waals surface area contributed by atoms with Crippen LogP contribution in [0.5, 0.6) is 5.75 Å². The topological polar surface area (TPSA) is 76.2 Å². The highest BCUT2D eigenvalue weighted by molar-refractivity contribution is 7.89. The monoisotopic (exact) mass is 384 g/mol. The minimum Gasteiger partial charge on any atom is -0.494 e. The van der Waals surface area contributed by atoms with Gasteiger partial charge in [-0.05, 0) is 44.5 Å². The second-order valence-corrected chi connectivity index (χ2v) is 7.93. The van der Waals surface area contributed by atoms with E-state index in [1.165, 1.54) is 4.31 Å². The molecular weight excluding hydrogens is 356 g/mol. The molecule has 1 aromatic carbocycles. The lowest BCUT2D eigenvalue weighted by atomic mass is 10.2. The van der Waals surface area contributed by atoms with Crippen LogP contribution in [-0.4, -0.2) is 69.5 Å². The van der Waals surface area contributed by atoms with E-state index in [9.17, 15) is 13.2 Å². The first kappa shape index (κ1) is 20.7. The van der Waals surface area contributed by atoms with Crippen molar-refractivity contribution in [3.05, 3.63) is 24.3 Å². The Bertz CT molecular complexity index is 667. The van der Waals surface area contributed by atoms with Crippen molar-refractivity contribution < 1.29 is 22.7 Å². The first-order chi connectivity index (χ1) is 12.5. The van der Waals surface area contributed by atoms with Gasteiger partial charge in [0.05, 0.1) is 11.5 Å². The van der Waals surface area contributed by atoms with Gasteiger partial charge in [-0.2, -0.15) is 4.31 Å². The molecule has 8 heteroatoms. The third-order valence-electron chi connectivity index (χ3n) is 4.25. The quantitative estimate of drug-likeness (QED) is 0.606. The fourth-order valence-corrected chi connectivity index (χ4v) is 4.25. The van der Waals surface area contributed by atoms with Gasteiger partial charge in [-0.1, -0.05) is 0 Å². The van der Waals surface area contributed by atoms with Crippen LogP contribution in [0, 0.1) is 0 Å². The molecule has 1 aromatic rings. The number of ether oxygens (including phenoxy) is 2. The van der Waals surface area contributed by atoms with Crippen LogP contribution >= 0.6 is 0 Å². The molecule has 0 radical (unpaired) electrons. The number of rotatable bonds is 9. The lowest BCUT2D eigenvalue weighted by Gasteiger charge is -2.34. The summed E-state index contributed by atoms with van der Waals surface area (Å²) in [5.41, 5.74) is 0. The predicted molar refractivity (Wildman–Crippen MR) is 98.7 cm³/mol. The van der Waals surface area contributed by atoms with E-state index in [1.807, 2.05) is 13.8 Å². The molecule has 7 nitrogen and oxygen atoms in total. The van der Waals surface area contributed by atoms with Crippen molar-refractivity contribution in [3.63, 3.8) is 0 Å². The van der Waals surface area contributed by atoms with E-state index in [-0.39, 0.29) is 10.8 Å². The Morgan fingerprint density at radius 3 is 2.27 bits per heavy atom. The van der Waals surface area contributed by atoms with Crippen LogP contribution in [0.2, 0.25) is 0 Å². The van der Waals surface area contributed by atoms with Crippen molar-refractivity contribution in [1.82, 2.24) is 9.21 Å². The molecule has 2 rings (SSSR count). The zero-order valence-electron chi connectivity index (χ0n) is 15.5. The Balaban J connectivity index is 1.88. The number of carbonyl (C=O) groups is 1. The Morgan fingerprint density at radius 2 is 1.69 bits per heavy atom. The number of carbonyl (C=O) groups excluding carboxylic acids is 1. The second-order valence-electron chi connectivity index (χ2n) is 5.99. The van der Waals surface area contributed by atoms with E-state index in [2.05, 4.69) is 0 Å².